The second-order valence-electron chi connectivity index (χ2n) is 4.56. The molecule has 0 spiro atoms. The summed E-state index contributed by atoms with van der Waals surface area (Å²) in [6.45, 7) is 1.83. The van der Waals surface area contributed by atoms with Crippen LogP contribution >= 0.6 is 0 Å². The van der Waals surface area contributed by atoms with Gasteiger partial charge in [0.15, 0.2) is 0 Å². The Hall–Kier alpha value is -2.44. The maximum atomic E-state index is 12.5. The average Bonchev–Trinajstić information content (AvgIpc) is 2.50. The van der Waals surface area contributed by atoms with E-state index in [0.29, 0.717) is 22.0 Å². The molecule has 0 saturated carbocycles. The van der Waals surface area contributed by atoms with Crippen molar-refractivity contribution >= 4 is 12.0 Å². The molecule has 0 saturated heterocycles. The summed E-state index contributed by atoms with van der Waals surface area (Å²) in [7, 11) is 2.94. The number of benzene rings is 1. The maximum Gasteiger partial charge on any atom is 0.406 e. The van der Waals surface area contributed by atoms with Gasteiger partial charge in [-0.3, -0.25) is 4.79 Å². The van der Waals surface area contributed by atoms with Crippen LogP contribution in [0.5, 0.6) is 11.5 Å². The molecule has 0 aliphatic carbocycles. The molecule has 0 radical (unpaired) electrons. The summed E-state index contributed by atoms with van der Waals surface area (Å²) in [6, 6.07) is 4.91. The van der Waals surface area contributed by atoms with Crippen LogP contribution in [0, 0.1) is 0 Å². The lowest BCUT2D eigenvalue weighted by molar-refractivity contribution is -0.157. The number of amides is 1. The number of hydrogen-bond acceptors (Lipinski definition) is 3. The highest BCUT2D eigenvalue weighted by Crippen LogP contribution is 2.25. The van der Waals surface area contributed by atoms with Gasteiger partial charge in [-0.05, 0) is 18.2 Å². The molecule has 0 aromatic heterocycles. The Morgan fingerprint density at radius 3 is 2.52 bits per heavy atom. The lowest BCUT2D eigenvalue weighted by atomic mass is 10.1. The Morgan fingerprint density at radius 1 is 1.30 bits per heavy atom. The van der Waals surface area contributed by atoms with E-state index in [1.807, 2.05) is 0 Å². The first-order chi connectivity index (χ1) is 10.8. The van der Waals surface area contributed by atoms with Crippen LogP contribution in [0.4, 0.5) is 13.2 Å². The van der Waals surface area contributed by atoms with Crippen LogP contribution in [0.15, 0.2) is 36.9 Å². The van der Waals surface area contributed by atoms with Crippen molar-refractivity contribution in [2.75, 3.05) is 27.3 Å². The molecular formula is C16H18F3NO3. The van der Waals surface area contributed by atoms with Crippen molar-refractivity contribution in [1.29, 1.82) is 0 Å². The van der Waals surface area contributed by atoms with Crippen molar-refractivity contribution in [3.05, 3.63) is 42.5 Å². The molecule has 0 fully saturated rings. The summed E-state index contributed by atoms with van der Waals surface area (Å²) >= 11 is 0. The molecule has 126 valence electrons. The largest absolute Gasteiger partial charge is 0.497 e. The van der Waals surface area contributed by atoms with E-state index in [1.54, 1.807) is 18.2 Å². The van der Waals surface area contributed by atoms with Crippen LogP contribution in [-0.4, -0.2) is 44.3 Å². The zero-order valence-electron chi connectivity index (χ0n) is 12.9. The number of hydrogen-bond donors (Lipinski definition) is 0. The molecule has 0 N–H and O–H groups in total. The van der Waals surface area contributed by atoms with Crippen LogP contribution in [0.2, 0.25) is 0 Å². The van der Waals surface area contributed by atoms with Crippen LogP contribution in [0.1, 0.15) is 5.56 Å². The van der Waals surface area contributed by atoms with Crippen LogP contribution in [0.3, 0.4) is 0 Å². The normalized spacial score (nSPS) is 11.3. The van der Waals surface area contributed by atoms with Gasteiger partial charge in [0.1, 0.15) is 18.0 Å². The zero-order valence-corrected chi connectivity index (χ0v) is 12.9. The Kier molecular flexibility index (Phi) is 6.68. The highest BCUT2D eigenvalue weighted by atomic mass is 19.4. The van der Waals surface area contributed by atoms with E-state index >= 15 is 0 Å². The fraction of sp³-hybridized carbons (Fsp3) is 0.312. The van der Waals surface area contributed by atoms with Crippen molar-refractivity contribution in [1.82, 2.24) is 4.90 Å². The number of ether oxygens (including phenoxy) is 2. The molecule has 0 heterocycles. The van der Waals surface area contributed by atoms with Gasteiger partial charge in [-0.1, -0.05) is 6.08 Å². The van der Waals surface area contributed by atoms with Crippen molar-refractivity contribution in [3.8, 4) is 11.5 Å². The van der Waals surface area contributed by atoms with Gasteiger partial charge < -0.3 is 14.4 Å². The van der Waals surface area contributed by atoms with E-state index in [9.17, 15) is 18.0 Å². The summed E-state index contributed by atoms with van der Waals surface area (Å²) in [5, 5.41) is 0. The molecule has 1 aromatic carbocycles. The monoisotopic (exact) mass is 329 g/mol. The van der Waals surface area contributed by atoms with E-state index in [4.69, 9.17) is 9.47 Å². The molecule has 1 amide bonds. The van der Waals surface area contributed by atoms with E-state index in [1.165, 1.54) is 26.4 Å². The minimum absolute atomic E-state index is 0.192. The van der Waals surface area contributed by atoms with Gasteiger partial charge in [-0.25, -0.2) is 0 Å². The van der Waals surface area contributed by atoms with Gasteiger partial charge in [0.25, 0.3) is 0 Å². The third-order valence-corrected chi connectivity index (χ3v) is 2.88. The van der Waals surface area contributed by atoms with Crippen molar-refractivity contribution < 1.29 is 27.4 Å². The molecule has 0 bridgehead atoms. The Labute approximate surface area is 132 Å². The summed E-state index contributed by atoms with van der Waals surface area (Å²) in [6.07, 6.45) is -0.762. The van der Waals surface area contributed by atoms with Crippen LogP contribution in [0.25, 0.3) is 6.08 Å². The van der Waals surface area contributed by atoms with Gasteiger partial charge in [0, 0.05) is 24.3 Å². The predicted molar refractivity (Wildman–Crippen MR) is 81.4 cm³/mol. The van der Waals surface area contributed by atoms with Gasteiger partial charge in [-0.2, -0.15) is 13.2 Å². The molecule has 0 aliphatic rings. The second kappa shape index (κ2) is 8.26. The molecule has 23 heavy (non-hydrogen) atoms. The maximum absolute atomic E-state index is 12.5. The number of nitrogens with zero attached hydrogens (tertiary/aromatic N) is 1. The van der Waals surface area contributed by atoms with Gasteiger partial charge in [0.2, 0.25) is 5.91 Å². The number of halogens is 3. The number of rotatable bonds is 7. The summed E-state index contributed by atoms with van der Waals surface area (Å²) in [5.41, 5.74) is 0.548. The lowest BCUT2D eigenvalue weighted by Crippen LogP contribution is -2.38. The van der Waals surface area contributed by atoms with Crippen molar-refractivity contribution in [2.24, 2.45) is 0 Å². The van der Waals surface area contributed by atoms with Gasteiger partial charge >= 0.3 is 6.18 Å². The quantitative estimate of drug-likeness (QED) is 0.569. The first kappa shape index (κ1) is 18.6. The third-order valence-electron chi connectivity index (χ3n) is 2.88. The SMILES string of the molecule is C=CCN(CC(F)(F)F)C(=O)/C=C/c1ccc(OC)cc1OC. The fourth-order valence-electron chi connectivity index (χ4n) is 1.83. The molecule has 7 heteroatoms. The summed E-state index contributed by atoms with van der Waals surface area (Å²) in [5.74, 6) is 0.246. The third kappa shape index (κ3) is 6.06. The number of carbonyl (C=O) groups excluding carboxylic acids is 1. The fourth-order valence-corrected chi connectivity index (χ4v) is 1.83. The van der Waals surface area contributed by atoms with Crippen molar-refractivity contribution in [2.45, 2.75) is 6.18 Å². The molecule has 4 nitrogen and oxygen atoms in total. The first-order valence-electron chi connectivity index (χ1n) is 6.67. The lowest BCUT2D eigenvalue weighted by Gasteiger charge is -2.21. The summed E-state index contributed by atoms with van der Waals surface area (Å²) < 4.78 is 47.6. The van der Waals surface area contributed by atoms with E-state index in [2.05, 4.69) is 6.58 Å². The smallest absolute Gasteiger partial charge is 0.406 e. The minimum atomic E-state index is -4.47. The molecule has 0 atom stereocenters. The van der Waals surface area contributed by atoms with Crippen LogP contribution < -0.4 is 9.47 Å². The standard InChI is InChI=1S/C16H18F3NO3/c1-4-9-20(11-16(17,18)19)15(21)8-6-12-5-7-13(22-2)10-14(12)23-3/h4-8,10H,1,9,11H2,2-3H3/b8-6+. The number of alkyl halides is 3. The highest BCUT2D eigenvalue weighted by Gasteiger charge is 2.31. The Morgan fingerprint density at radius 2 is 2.00 bits per heavy atom. The van der Waals surface area contributed by atoms with E-state index in [-0.39, 0.29) is 6.54 Å². The molecule has 0 aliphatic heterocycles. The minimum Gasteiger partial charge on any atom is -0.497 e. The summed E-state index contributed by atoms with van der Waals surface area (Å²) in [4.78, 5) is 12.6. The predicted octanol–water partition coefficient (Wildman–Crippen LogP) is 3.29. The van der Waals surface area contributed by atoms with Crippen molar-refractivity contribution in [3.63, 3.8) is 0 Å². The topological polar surface area (TPSA) is 38.8 Å². The molecule has 1 aromatic rings. The second-order valence-corrected chi connectivity index (χ2v) is 4.56. The van der Waals surface area contributed by atoms with Gasteiger partial charge in [0.05, 0.1) is 14.2 Å². The average molecular weight is 329 g/mol. The zero-order chi connectivity index (χ0) is 17.5. The molecular weight excluding hydrogens is 311 g/mol. The Bertz CT molecular complexity index is 582. The highest BCUT2D eigenvalue weighted by molar-refractivity contribution is 5.92. The van der Waals surface area contributed by atoms with Crippen LogP contribution in [-0.2, 0) is 4.79 Å². The first-order valence-corrected chi connectivity index (χ1v) is 6.67. The van der Waals surface area contributed by atoms with Gasteiger partial charge in [-0.15, -0.1) is 6.58 Å². The van der Waals surface area contributed by atoms with E-state index < -0.39 is 18.6 Å². The number of methoxy groups -OCH3 is 2. The van der Waals surface area contributed by atoms with E-state index in [0.717, 1.165) is 6.08 Å². The Balaban J connectivity index is 2.93. The molecule has 1 rings (SSSR count). The number of carbonyl (C=O) groups is 1. The molecule has 0 unspecified atom stereocenters.